The number of nitrogens with one attached hydrogen (secondary N) is 1. The van der Waals surface area contributed by atoms with E-state index in [0.29, 0.717) is 18.9 Å². The number of carbonyl (C=O) groups is 1. The summed E-state index contributed by atoms with van der Waals surface area (Å²) in [5, 5.41) is 3.29. The predicted molar refractivity (Wildman–Crippen MR) is 56.7 cm³/mol. The molecule has 0 saturated carbocycles. The van der Waals surface area contributed by atoms with Crippen molar-refractivity contribution in [2.75, 3.05) is 26.7 Å². The van der Waals surface area contributed by atoms with E-state index in [9.17, 15) is 4.79 Å². The molecular weight excluding hydrogens is 176 g/mol. The van der Waals surface area contributed by atoms with E-state index in [1.54, 1.807) is 11.9 Å². The zero-order valence-electron chi connectivity index (χ0n) is 8.75. The van der Waals surface area contributed by atoms with E-state index < -0.39 is 0 Å². The van der Waals surface area contributed by atoms with Crippen molar-refractivity contribution < 1.29 is 4.79 Å². The molecular formula is C11H18N2O. The molecule has 1 amide bonds. The zero-order valence-corrected chi connectivity index (χ0v) is 8.75. The van der Waals surface area contributed by atoms with Gasteiger partial charge in [-0.1, -0.05) is 5.92 Å². The van der Waals surface area contributed by atoms with Crippen LogP contribution in [-0.2, 0) is 4.79 Å². The highest BCUT2D eigenvalue weighted by Crippen LogP contribution is 2.14. The maximum atomic E-state index is 11.5. The van der Waals surface area contributed by atoms with Gasteiger partial charge in [0.25, 0.3) is 0 Å². The van der Waals surface area contributed by atoms with Crippen LogP contribution in [0.25, 0.3) is 0 Å². The molecule has 78 valence electrons. The molecule has 1 saturated heterocycles. The smallest absolute Gasteiger partial charge is 0.223 e. The van der Waals surface area contributed by atoms with Gasteiger partial charge < -0.3 is 10.2 Å². The van der Waals surface area contributed by atoms with Crippen molar-refractivity contribution >= 4 is 5.91 Å². The number of nitrogens with zero attached hydrogens (tertiary/aromatic N) is 1. The highest BCUT2D eigenvalue weighted by Gasteiger charge is 2.16. The van der Waals surface area contributed by atoms with Gasteiger partial charge in [0.2, 0.25) is 5.91 Å². The number of amides is 1. The Bertz CT molecular complexity index is 226. The van der Waals surface area contributed by atoms with Crippen molar-refractivity contribution in [2.45, 2.75) is 19.3 Å². The predicted octanol–water partition coefficient (Wildman–Crippen LogP) is 0.468. The molecule has 1 rings (SSSR count). The fraction of sp³-hybridized carbons (Fsp3) is 0.727. The Labute approximate surface area is 85.9 Å². The van der Waals surface area contributed by atoms with Gasteiger partial charge in [0.15, 0.2) is 0 Å². The monoisotopic (exact) mass is 194 g/mol. The molecule has 1 aliphatic rings. The summed E-state index contributed by atoms with van der Waals surface area (Å²) in [5.41, 5.74) is 0. The number of carbonyl (C=O) groups excluding carboxylic acids is 1. The first-order chi connectivity index (χ1) is 6.74. The molecule has 0 aromatic carbocycles. The van der Waals surface area contributed by atoms with Crippen molar-refractivity contribution in [2.24, 2.45) is 5.92 Å². The quantitative estimate of drug-likeness (QED) is 0.660. The molecule has 1 heterocycles. The standard InChI is InChI=1S/C11H18N2O/c1-3-8-13(2)11(14)5-4-10-6-7-12-9-10/h1,10,12H,4-9H2,2H3. The van der Waals surface area contributed by atoms with Crippen LogP contribution in [0.2, 0.25) is 0 Å². The summed E-state index contributed by atoms with van der Waals surface area (Å²) in [4.78, 5) is 13.1. The van der Waals surface area contributed by atoms with Crippen LogP contribution >= 0.6 is 0 Å². The second kappa shape index (κ2) is 5.66. The average molecular weight is 194 g/mol. The maximum absolute atomic E-state index is 11.5. The van der Waals surface area contributed by atoms with Gasteiger partial charge in [-0.3, -0.25) is 4.79 Å². The second-order valence-electron chi connectivity index (χ2n) is 3.85. The molecule has 0 aromatic heterocycles. The maximum Gasteiger partial charge on any atom is 0.223 e. The molecule has 1 aliphatic heterocycles. The SMILES string of the molecule is C#CCN(C)C(=O)CCC1CCNC1. The number of hydrogen-bond acceptors (Lipinski definition) is 2. The summed E-state index contributed by atoms with van der Waals surface area (Å²) < 4.78 is 0. The minimum Gasteiger partial charge on any atom is -0.335 e. The van der Waals surface area contributed by atoms with Gasteiger partial charge in [-0.05, 0) is 31.8 Å². The van der Waals surface area contributed by atoms with Gasteiger partial charge in [0.05, 0.1) is 6.54 Å². The summed E-state index contributed by atoms with van der Waals surface area (Å²) in [7, 11) is 1.76. The fourth-order valence-electron chi connectivity index (χ4n) is 1.70. The van der Waals surface area contributed by atoms with Crippen molar-refractivity contribution in [1.82, 2.24) is 10.2 Å². The Morgan fingerprint density at radius 3 is 3.07 bits per heavy atom. The van der Waals surface area contributed by atoms with Gasteiger partial charge >= 0.3 is 0 Å². The lowest BCUT2D eigenvalue weighted by atomic mass is 10.0. The largest absolute Gasteiger partial charge is 0.335 e. The first-order valence-corrected chi connectivity index (χ1v) is 5.12. The topological polar surface area (TPSA) is 32.3 Å². The lowest BCUT2D eigenvalue weighted by Crippen LogP contribution is -2.27. The van der Waals surface area contributed by atoms with Gasteiger partial charge in [-0.2, -0.15) is 0 Å². The summed E-state index contributed by atoms with van der Waals surface area (Å²) >= 11 is 0. The van der Waals surface area contributed by atoms with Crippen molar-refractivity contribution in [3.63, 3.8) is 0 Å². The van der Waals surface area contributed by atoms with Crippen molar-refractivity contribution in [1.29, 1.82) is 0 Å². The lowest BCUT2D eigenvalue weighted by molar-refractivity contribution is -0.129. The second-order valence-corrected chi connectivity index (χ2v) is 3.85. The number of rotatable bonds is 4. The first-order valence-electron chi connectivity index (χ1n) is 5.12. The molecule has 1 fully saturated rings. The van der Waals surface area contributed by atoms with Crippen LogP contribution in [0.1, 0.15) is 19.3 Å². The highest BCUT2D eigenvalue weighted by molar-refractivity contribution is 5.76. The molecule has 0 bridgehead atoms. The van der Waals surface area contributed by atoms with Crippen LogP contribution in [0.15, 0.2) is 0 Å². The van der Waals surface area contributed by atoms with E-state index in [4.69, 9.17) is 6.42 Å². The number of hydrogen-bond donors (Lipinski definition) is 1. The van der Waals surface area contributed by atoms with Gasteiger partial charge in [0.1, 0.15) is 0 Å². The third kappa shape index (κ3) is 3.39. The minimum absolute atomic E-state index is 0.162. The molecule has 0 aliphatic carbocycles. The molecule has 0 aromatic rings. The summed E-state index contributed by atoms with van der Waals surface area (Å²) in [6.45, 7) is 2.58. The third-order valence-corrected chi connectivity index (χ3v) is 2.68. The van der Waals surface area contributed by atoms with Crippen LogP contribution < -0.4 is 5.32 Å². The van der Waals surface area contributed by atoms with E-state index >= 15 is 0 Å². The van der Waals surface area contributed by atoms with Crippen molar-refractivity contribution in [3.8, 4) is 12.3 Å². The lowest BCUT2D eigenvalue weighted by Gasteiger charge is -2.15. The Morgan fingerprint density at radius 2 is 2.50 bits per heavy atom. The number of terminal acetylenes is 1. The molecule has 0 spiro atoms. The Morgan fingerprint density at radius 1 is 1.71 bits per heavy atom. The molecule has 3 heteroatoms. The van der Waals surface area contributed by atoms with Crippen LogP contribution in [0.5, 0.6) is 0 Å². The van der Waals surface area contributed by atoms with E-state index in [1.807, 2.05) is 0 Å². The van der Waals surface area contributed by atoms with E-state index in [2.05, 4.69) is 11.2 Å². The molecule has 1 unspecified atom stereocenters. The third-order valence-electron chi connectivity index (χ3n) is 2.68. The summed E-state index contributed by atoms with van der Waals surface area (Å²) in [6.07, 6.45) is 7.95. The van der Waals surface area contributed by atoms with Crippen molar-refractivity contribution in [3.05, 3.63) is 0 Å². The Hall–Kier alpha value is -1.01. The van der Waals surface area contributed by atoms with E-state index in [-0.39, 0.29) is 5.91 Å². The normalized spacial score (nSPS) is 20.4. The highest BCUT2D eigenvalue weighted by atomic mass is 16.2. The first kappa shape index (κ1) is 11.1. The average Bonchev–Trinajstić information content (AvgIpc) is 2.67. The Balaban J connectivity index is 2.17. The molecule has 1 atom stereocenters. The van der Waals surface area contributed by atoms with E-state index in [1.165, 1.54) is 6.42 Å². The molecule has 0 radical (unpaired) electrons. The van der Waals surface area contributed by atoms with Gasteiger partial charge in [0, 0.05) is 13.5 Å². The molecule has 1 N–H and O–H groups in total. The zero-order chi connectivity index (χ0) is 10.4. The summed E-state index contributed by atoms with van der Waals surface area (Å²) in [5.74, 6) is 3.31. The van der Waals surface area contributed by atoms with Crippen LogP contribution in [0.3, 0.4) is 0 Å². The molecule has 14 heavy (non-hydrogen) atoms. The van der Waals surface area contributed by atoms with Gasteiger partial charge in [-0.15, -0.1) is 6.42 Å². The van der Waals surface area contributed by atoms with Crippen LogP contribution in [-0.4, -0.2) is 37.5 Å². The minimum atomic E-state index is 0.162. The Kier molecular flexibility index (Phi) is 4.48. The van der Waals surface area contributed by atoms with Crippen LogP contribution in [0, 0.1) is 18.3 Å². The summed E-state index contributed by atoms with van der Waals surface area (Å²) in [6, 6.07) is 0. The van der Waals surface area contributed by atoms with E-state index in [0.717, 1.165) is 19.5 Å². The molecule has 3 nitrogen and oxygen atoms in total. The van der Waals surface area contributed by atoms with Gasteiger partial charge in [-0.25, -0.2) is 0 Å². The fourth-order valence-corrected chi connectivity index (χ4v) is 1.70. The van der Waals surface area contributed by atoms with Crippen LogP contribution in [0.4, 0.5) is 0 Å².